The van der Waals surface area contributed by atoms with Gasteiger partial charge in [0, 0.05) is 0 Å². The molecular weight excluding hydrogens is 160 g/mol. The van der Waals surface area contributed by atoms with Crippen LogP contribution in [0.25, 0.3) is 0 Å². The molecular formula is C12H18O. The van der Waals surface area contributed by atoms with E-state index in [0.717, 1.165) is 6.42 Å². The maximum Gasteiger partial charge on any atom is 0.0540 e. The summed E-state index contributed by atoms with van der Waals surface area (Å²) in [6.07, 6.45) is 0.736. The zero-order chi connectivity index (χ0) is 9.84. The molecule has 0 bridgehead atoms. The Labute approximate surface area is 80.4 Å². The van der Waals surface area contributed by atoms with Gasteiger partial charge in [-0.15, -0.1) is 0 Å². The summed E-state index contributed by atoms with van der Waals surface area (Å²) in [6.45, 7) is 6.02. The van der Waals surface area contributed by atoms with Crippen molar-refractivity contribution in [1.82, 2.24) is 0 Å². The summed E-state index contributed by atoms with van der Waals surface area (Å²) < 4.78 is 0. The first-order chi connectivity index (χ1) is 6.09. The topological polar surface area (TPSA) is 20.2 Å². The van der Waals surface area contributed by atoms with E-state index in [-0.39, 0.29) is 6.10 Å². The molecule has 1 rings (SSSR count). The van der Waals surface area contributed by atoms with Crippen molar-refractivity contribution in [1.29, 1.82) is 0 Å². The van der Waals surface area contributed by atoms with Gasteiger partial charge >= 0.3 is 0 Å². The van der Waals surface area contributed by atoms with E-state index in [2.05, 4.69) is 38.1 Å². The molecule has 0 aliphatic carbocycles. The third-order valence-electron chi connectivity index (χ3n) is 2.46. The van der Waals surface area contributed by atoms with Crippen molar-refractivity contribution < 1.29 is 5.11 Å². The van der Waals surface area contributed by atoms with E-state index in [1.165, 1.54) is 11.1 Å². The van der Waals surface area contributed by atoms with Gasteiger partial charge in [-0.1, -0.05) is 36.8 Å². The van der Waals surface area contributed by atoms with E-state index in [4.69, 9.17) is 0 Å². The van der Waals surface area contributed by atoms with Crippen molar-refractivity contribution in [2.45, 2.75) is 33.3 Å². The highest BCUT2D eigenvalue weighted by Gasteiger charge is 2.08. The summed E-state index contributed by atoms with van der Waals surface area (Å²) in [5.74, 6) is 0.335. The number of hydrogen-bond acceptors (Lipinski definition) is 1. The van der Waals surface area contributed by atoms with Crippen LogP contribution in [0, 0.1) is 12.8 Å². The average molecular weight is 178 g/mol. The van der Waals surface area contributed by atoms with Crippen LogP contribution in [0.15, 0.2) is 24.3 Å². The Bertz CT molecular complexity index is 266. The summed E-state index contributed by atoms with van der Waals surface area (Å²) >= 11 is 0. The van der Waals surface area contributed by atoms with E-state index in [1.54, 1.807) is 0 Å². The lowest BCUT2D eigenvalue weighted by Crippen LogP contribution is -2.15. The highest BCUT2D eigenvalue weighted by Crippen LogP contribution is 2.12. The molecule has 1 N–H and O–H groups in total. The summed E-state index contributed by atoms with van der Waals surface area (Å²) in [6, 6.07) is 8.46. The first kappa shape index (κ1) is 10.3. The quantitative estimate of drug-likeness (QED) is 0.754. The van der Waals surface area contributed by atoms with Crippen LogP contribution in [-0.2, 0) is 6.42 Å². The zero-order valence-electron chi connectivity index (χ0n) is 8.62. The fraction of sp³-hybridized carbons (Fsp3) is 0.500. The fourth-order valence-corrected chi connectivity index (χ4v) is 1.38. The SMILES string of the molecule is Cc1cccc(CC(C)C(C)O)c1. The monoisotopic (exact) mass is 178 g/mol. The second-order valence-electron chi connectivity index (χ2n) is 3.91. The molecule has 1 aromatic carbocycles. The molecule has 0 heterocycles. The van der Waals surface area contributed by atoms with Crippen molar-refractivity contribution in [3.8, 4) is 0 Å². The Morgan fingerprint density at radius 1 is 1.31 bits per heavy atom. The van der Waals surface area contributed by atoms with E-state index in [0.29, 0.717) is 5.92 Å². The summed E-state index contributed by atoms with van der Waals surface area (Å²) in [4.78, 5) is 0. The van der Waals surface area contributed by atoms with Crippen LogP contribution in [0.3, 0.4) is 0 Å². The molecule has 1 nitrogen and oxygen atoms in total. The molecule has 0 spiro atoms. The lowest BCUT2D eigenvalue weighted by molar-refractivity contribution is 0.135. The van der Waals surface area contributed by atoms with Crippen LogP contribution < -0.4 is 0 Å². The summed E-state index contributed by atoms with van der Waals surface area (Å²) in [5, 5.41) is 9.35. The van der Waals surface area contributed by atoms with Crippen LogP contribution >= 0.6 is 0 Å². The Kier molecular flexibility index (Phi) is 3.49. The maximum absolute atomic E-state index is 9.35. The minimum absolute atomic E-state index is 0.222. The number of rotatable bonds is 3. The third kappa shape index (κ3) is 3.19. The normalized spacial score (nSPS) is 15.4. The van der Waals surface area contributed by atoms with Crippen LogP contribution in [0.2, 0.25) is 0 Å². The van der Waals surface area contributed by atoms with Crippen molar-refractivity contribution in [2.75, 3.05) is 0 Å². The molecule has 0 fully saturated rings. The largest absolute Gasteiger partial charge is 0.393 e. The van der Waals surface area contributed by atoms with Gasteiger partial charge in [-0.05, 0) is 31.7 Å². The van der Waals surface area contributed by atoms with E-state index in [1.807, 2.05) is 6.92 Å². The van der Waals surface area contributed by atoms with Gasteiger partial charge in [0.2, 0.25) is 0 Å². The molecule has 0 saturated heterocycles. The molecule has 0 aromatic heterocycles. The first-order valence-electron chi connectivity index (χ1n) is 4.83. The van der Waals surface area contributed by atoms with Gasteiger partial charge in [-0.25, -0.2) is 0 Å². The molecule has 0 saturated carbocycles. The van der Waals surface area contributed by atoms with Crippen LogP contribution in [-0.4, -0.2) is 11.2 Å². The molecule has 1 aromatic rings. The van der Waals surface area contributed by atoms with Gasteiger partial charge in [0.05, 0.1) is 6.10 Å². The number of aliphatic hydroxyl groups is 1. The maximum atomic E-state index is 9.35. The Morgan fingerprint density at radius 2 is 2.00 bits per heavy atom. The Hall–Kier alpha value is -0.820. The summed E-state index contributed by atoms with van der Waals surface area (Å²) in [7, 11) is 0. The molecule has 72 valence electrons. The number of benzene rings is 1. The average Bonchev–Trinajstić information content (AvgIpc) is 2.04. The van der Waals surface area contributed by atoms with Crippen LogP contribution in [0.5, 0.6) is 0 Å². The smallest absolute Gasteiger partial charge is 0.0540 e. The van der Waals surface area contributed by atoms with Gasteiger partial charge in [-0.2, -0.15) is 0 Å². The molecule has 2 atom stereocenters. The van der Waals surface area contributed by atoms with Gasteiger partial charge in [0.25, 0.3) is 0 Å². The van der Waals surface area contributed by atoms with E-state index < -0.39 is 0 Å². The third-order valence-corrected chi connectivity index (χ3v) is 2.46. The minimum atomic E-state index is -0.222. The lowest BCUT2D eigenvalue weighted by Gasteiger charge is -2.14. The molecule has 2 unspecified atom stereocenters. The van der Waals surface area contributed by atoms with Gasteiger partial charge in [0.15, 0.2) is 0 Å². The second kappa shape index (κ2) is 4.43. The van der Waals surface area contributed by atoms with Gasteiger partial charge in [0.1, 0.15) is 0 Å². The van der Waals surface area contributed by atoms with Crippen molar-refractivity contribution in [2.24, 2.45) is 5.92 Å². The lowest BCUT2D eigenvalue weighted by atomic mass is 9.96. The number of aliphatic hydroxyl groups excluding tert-OH is 1. The van der Waals surface area contributed by atoms with Gasteiger partial charge < -0.3 is 5.11 Å². The minimum Gasteiger partial charge on any atom is -0.393 e. The number of aryl methyl sites for hydroxylation is 1. The molecule has 13 heavy (non-hydrogen) atoms. The predicted octanol–water partition coefficient (Wildman–Crippen LogP) is 2.55. The Balaban J connectivity index is 2.64. The molecule has 0 radical (unpaired) electrons. The summed E-state index contributed by atoms with van der Waals surface area (Å²) in [5.41, 5.74) is 2.60. The standard InChI is InChI=1S/C12H18O/c1-9-5-4-6-12(7-9)8-10(2)11(3)13/h4-7,10-11,13H,8H2,1-3H3. The van der Waals surface area contributed by atoms with Crippen molar-refractivity contribution >= 4 is 0 Å². The highest BCUT2D eigenvalue weighted by molar-refractivity contribution is 5.22. The van der Waals surface area contributed by atoms with Crippen molar-refractivity contribution in [3.05, 3.63) is 35.4 Å². The molecule has 0 amide bonds. The molecule has 0 aliphatic rings. The van der Waals surface area contributed by atoms with Crippen molar-refractivity contribution in [3.63, 3.8) is 0 Å². The highest BCUT2D eigenvalue weighted by atomic mass is 16.3. The molecule has 0 aliphatic heterocycles. The predicted molar refractivity (Wildman–Crippen MR) is 55.7 cm³/mol. The zero-order valence-corrected chi connectivity index (χ0v) is 8.62. The number of hydrogen-bond donors (Lipinski definition) is 1. The van der Waals surface area contributed by atoms with E-state index >= 15 is 0 Å². The Morgan fingerprint density at radius 3 is 2.54 bits per heavy atom. The van der Waals surface area contributed by atoms with Crippen LogP contribution in [0.1, 0.15) is 25.0 Å². The first-order valence-corrected chi connectivity index (χ1v) is 4.83. The fourth-order valence-electron chi connectivity index (χ4n) is 1.38. The van der Waals surface area contributed by atoms with Gasteiger partial charge in [-0.3, -0.25) is 0 Å². The molecule has 1 heteroatoms. The van der Waals surface area contributed by atoms with E-state index in [9.17, 15) is 5.11 Å². The second-order valence-corrected chi connectivity index (χ2v) is 3.91. The van der Waals surface area contributed by atoms with Crippen LogP contribution in [0.4, 0.5) is 0 Å².